The maximum Gasteiger partial charge on any atom is 0.239 e. The number of hydrogen-bond acceptors (Lipinski definition) is 5. The number of benzene rings is 1. The highest BCUT2D eigenvalue weighted by Gasteiger charge is 2.29. The Hall–Kier alpha value is -2.91. The van der Waals surface area contributed by atoms with Crippen LogP contribution >= 0.6 is 0 Å². The first-order chi connectivity index (χ1) is 11.7. The van der Waals surface area contributed by atoms with Crippen LogP contribution < -0.4 is 10.6 Å². The lowest BCUT2D eigenvalue weighted by atomic mass is 10.0. The van der Waals surface area contributed by atoms with Gasteiger partial charge in [0.2, 0.25) is 5.91 Å². The highest BCUT2D eigenvalue weighted by Crippen LogP contribution is 2.23. The minimum atomic E-state index is -0.401. The summed E-state index contributed by atoms with van der Waals surface area (Å²) in [5, 5.41) is 8.84. The summed E-state index contributed by atoms with van der Waals surface area (Å²) in [6.45, 7) is 2.97. The summed E-state index contributed by atoms with van der Waals surface area (Å²) in [5.41, 5.74) is 7.12. The van der Waals surface area contributed by atoms with E-state index in [0.717, 1.165) is 37.6 Å². The molecule has 3 rings (SSSR count). The van der Waals surface area contributed by atoms with E-state index in [4.69, 9.17) is 11.0 Å². The first-order valence-corrected chi connectivity index (χ1v) is 7.88. The van der Waals surface area contributed by atoms with Crippen molar-refractivity contribution in [2.24, 2.45) is 5.73 Å². The van der Waals surface area contributed by atoms with E-state index in [9.17, 15) is 4.79 Å². The molecule has 2 N–H and O–H groups in total. The summed E-state index contributed by atoms with van der Waals surface area (Å²) in [5.74, 6) is 0.523. The largest absolute Gasteiger partial charge is 0.368 e. The average Bonchev–Trinajstić information content (AvgIpc) is 2.63. The van der Waals surface area contributed by atoms with Crippen LogP contribution in [0.15, 0.2) is 48.7 Å². The minimum Gasteiger partial charge on any atom is -0.368 e. The summed E-state index contributed by atoms with van der Waals surface area (Å²) < 4.78 is 0. The molecular weight excluding hydrogens is 302 g/mol. The predicted octanol–water partition coefficient (Wildman–Crippen LogP) is 1.30. The van der Waals surface area contributed by atoms with Gasteiger partial charge in [-0.25, -0.2) is 4.98 Å². The van der Waals surface area contributed by atoms with Crippen LogP contribution in [0.3, 0.4) is 0 Å². The molecular formula is C18H19N5O. The smallest absolute Gasteiger partial charge is 0.239 e. The second kappa shape index (κ2) is 7.11. The van der Waals surface area contributed by atoms with E-state index in [-0.39, 0.29) is 5.91 Å². The van der Waals surface area contributed by atoms with Gasteiger partial charge in [-0.2, -0.15) is 5.26 Å². The van der Waals surface area contributed by atoms with E-state index in [1.807, 2.05) is 36.4 Å². The van der Waals surface area contributed by atoms with Crippen LogP contribution in [-0.4, -0.2) is 42.0 Å². The number of nitriles is 1. The van der Waals surface area contributed by atoms with Gasteiger partial charge in [-0.15, -0.1) is 0 Å². The molecule has 0 aliphatic carbocycles. The number of amides is 1. The van der Waals surface area contributed by atoms with Gasteiger partial charge in [0.15, 0.2) is 0 Å². The maximum atomic E-state index is 11.9. The zero-order valence-corrected chi connectivity index (χ0v) is 13.3. The Kier molecular flexibility index (Phi) is 4.73. The monoisotopic (exact) mass is 321 g/mol. The number of piperazine rings is 1. The van der Waals surface area contributed by atoms with Gasteiger partial charge in [0, 0.05) is 32.4 Å². The summed E-state index contributed by atoms with van der Waals surface area (Å²) in [6, 6.07) is 14.9. The number of nitrogens with two attached hydrogens (primary N) is 1. The summed E-state index contributed by atoms with van der Waals surface area (Å²) >= 11 is 0. The Morgan fingerprint density at radius 2 is 1.83 bits per heavy atom. The number of carbonyl (C=O) groups is 1. The van der Waals surface area contributed by atoms with Crippen molar-refractivity contribution in [1.82, 2.24) is 9.88 Å². The Morgan fingerprint density at radius 1 is 1.12 bits per heavy atom. The zero-order chi connectivity index (χ0) is 16.9. The van der Waals surface area contributed by atoms with E-state index in [0.29, 0.717) is 5.56 Å². The molecule has 1 aliphatic rings. The third kappa shape index (κ3) is 3.36. The standard InChI is InChI=1S/C18H19N5O/c19-12-14-6-7-16(21-13-14)22-8-10-23(11-9-22)17(18(20)24)15-4-2-1-3-5-15/h1-7,13,17H,8-11H2,(H2,20,24)/t17-/m1/s1. The van der Waals surface area contributed by atoms with Gasteiger partial charge in [-0.1, -0.05) is 30.3 Å². The van der Waals surface area contributed by atoms with Gasteiger partial charge in [0.1, 0.15) is 17.9 Å². The van der Waals surface area contributed by atoms with Crippen molar-refractivity contribution in [2.75, 3.05) is 31.1 Å². The molecule has 0 radical (unpaired) electrons. The Labute approximate surface area is 141 Å². The van der Waals surface area contributed by atoms with E-state index in [2.05, 4.69) is 20.9 Å². The lowest BCUT2D eigenvalue weighted by Gasteiger charge is -2.38. The van der Waals surface area contributed by atoms with Gasteiger partial charge in [-0.3, -0.25) is 9.69 Å². The highest BCUT2D eigenvalue weighted by atomic mass is 16.1. The van der Waals surface area contributed by atoms with Crippen LogP contribution in [0.5, 0.6) is 0 Å². The van der Waals surface area contributed by atoms with Crippen LogP contribution in [0.4, 0.5) is 5.82 Å². The molecule has 0 spiro atoms. The number of hydrogen-bond donors (Lipinski definition) is 1. The third-order valence-corrected chi connectivity index (χ3v) is 4.27. The Morgan fingerprint density at radius 3 is 2.38 bits per heavy atom. The van der Waals surface area contributed by atoms with Gasteiger partial charge in [0.05, 0.1) is 5.56 Å². The van der Waals surface area contributed by atoms with Crippen LogP contribution in [0, 0.1) is 11.3 Å². The van der Waals surface area contributed by atoms with Crippen LogP contribution in [0.1, 0.15) is 17.2 Å². The molecule has 1 aliphatic heterocycles. The number of primary amides is 1. The van der Waals surface area contributed by atoms with Crippen LogP contribution in [0.25, 0.3) is 0 Å². The minimum absolute atomic E-state index is 0.328. The summed E-state index contributed by atoms with van der Waals surface area (Å²) in [7, 11) is 0. The van der Waals surface area contributed by atoms with E-state index >= 15 is 0 Å². The highest BCUT2D eigenvalue weighted by molar-refractivity contribution is 5.81. The second-order valence-corrected chi connectivity index (χ2v) is 5.76. The predicted molar refractivity (Wildman–Crippen MR) is 91.1 cm³/mol. The number of aromatic nitrogens is 1. The molecule has 1 aromatic carbocycles. The fraction of sp³-hybridized carbons (Fsp3) is 0.278. The SMILES string of the molecule is N#Cc1ccc(N2CCN([C@@H](C(N)=O)c3ccccc3)CC2)nc1. The molecule has 1 atom stereocenters. The zero-order valence-electron chi connectivity index (χ0n) is 13.3. The average molecular weight is 321 g/mol. The molecule has 0 unspecified atom stereocenters. The summed E-state index contributed by atoms with van der Waals surface area (Å²) in [6.07, 6.45) is 1.58. The molecule has 24 heavy (non-hydrogen) atoms. The fourth-order valence-electron chi connectivity index (χ4n) is 3.04. The molecule has 1 saturated heterocycles. The van der Waals surface area contributed by atoms with E-state index < -0.39 is 6.04 Å². The molecule has 6 heteroatoms. The van der Waals surface area contributed by atoms with E-state index in [1.54, 1.807) is 12.3 Å². The van der Waals surface area contributed by atoms with Crippen molar-refractivity contribution < 1.29 is 4.79 Å². The molecule has 0 saturated carbocycles. The topological polar surface area (TPSA) is 86.3 Å². The van der Waals surface area contributed by atoms with Crippen LogP contribution in [0.2, 0.25) is 0 Å². The quantitative estimate of drug-likeness (QED) is 0.917. The van der Waals surface area contributed by atoms with Crippen molar-refractivity contribution >= 4 is 11.7 Å². The summed E-state index contributed by atoms with van der Waals surface area (Å²) in [4.78, 5) is 20.5. The lowest BCUT2D eigenvalue weighted by molar-refractivity contribution is -0.123. The van der Waals surface area contributed by atoms with Crippen molar-refractivity contribution in [2.45, 2.75) is 6.04 Å². The first-order valence-electron chi connectivity index (χ1n) is 7.88. The van der Waals surface area contributed by atoms with Crippen LogP contribution in [-0.2, 0) is 4.79 Å². The molecule has 1 amide bonds. The van der Waals surface area contributed by atoms with Crippen molar-refractivity contribution in [3.63, 3.8) is 0 Å². The number of nitrogens with zero attached hydrogens (tertiary/aromatic N) is 4. The van der Waals surface area contributed by atoms with Gasteiger partial charge in [0.25, 0.3) is 0 Å². The van der Waals surface area contributed by atoms with Crippen molar-refractivity contribution in [3.05, 3.63) is 59.8 Å². The van der Waals surface area contributed by atoms with Gasteiger partial charge < -0.3 is 10.6 Å². The normalized spacial score (nSPS) is 16.4. The van der Waals surface area contributed by atoms with E-state index in [1.165, 1.54) is 0 Å². The molecule has 0 bridgehead atoms. The molecule has 6 nitrogen and oxygen atoms in total. The molecule has 2 heterocycles. The van der Waals surface area contributed by atoms with Gasteiger partial charge in [-0.05, 0) is 17.7 Å². The number of anilines is 1. The number of rotatable bonds is 4. The molecule has 2 aromatic rings. The molecule has 122 valence electrons. The molecule has 1 fully saturated rings. The molecule has 1 aromatic heterocycles. The fourth-order valence-corrected chi connectivity index (χ4v) is 3.04. The number of pyridine rings is 1. The maximum absolute atomic E-state index is 11.9. The Balaban J connectivity index is 1.69. The Bertz CT molecular complexity index is 730. The van der Waals surface area contributed by atoms with Crippen molar-refractivity contribution in [1.29, 1.82) is 5.26 Å². The third-order valence-electron chi connectivity index (χ3n) is 4.27. The second-order valence-electron chi connectivity index (χ2n) is 5.76. The number of carbonyl (C=O) groups excluding carboxylic acids is 1. The van der Waals surface area contributed by atoms with Gasteiger partial charge >= 0.3 is 0 Å². The van der Waals surface area contributed by atoms with Crippen molar-refractivity contribution in [3.8, 4) is 6.07 Å². The first kappa shape index (κ1) is 16.0. The lowest BCUT2D eigenvalue weighted by Crippen LogP contribution is -2.50.